The standard InChI is InChI=1S/C25H30N2O6S/c1-3-13-32-14-12-26-20-8-4-18(5-9-20)19-6-10-21(11-7-19)27-16-24-25(29)23(28)15-22(33-24)17-34(2,30)31/h4-11,15,26-27,29H,3,12-14,16-17H2,1-2H3. The lowest BCUT2D eigenvalue weighted by molar-refractivity contribution is 0.144. The molecule has 0 bridgehead atoms. The summed E-state index contributed by atoms with van der Waals surface area (Å²) in [6.07, 6.45) is 2.06. The van der Waals surface area contributed by atoms with Crippen LogP contribution in [0, 0.1) is 0 Å². The Morgan fingerprint density at radius 3 is 2.09 bits per heavy atom. The third kappa shape index (κ3) is 7.64. The highest BCUT2D eigenvalue weighted by Crippen LogP contribution is 2.24. The van der Waals surface area contributed by atoms with Crippen LogP contribution >= 0.6 is 0 Å². The predicted molar refractivity (Wildman–Crippen MR) is 134 cm³/mol. The first-order valence-corrected chi connectivity index (χ1v) is 13.1. The van der Waals surface area contributed by atoms with Crippen molar-refractivity contribution in [3.63, 3.8) is 0 Å². The zero-order valence-electron chi connectivity index (χ0n) is 19.3. The molecule has 0 fully saturated rings. The molecule has 0 spiro atoms. The second kappa shape index (κ2) is 11.7. The molecule has 34 heavy (non-hydrogen) atoms. The van der Waals surface area contributed by atoms with E-state index in [0.29, 0.717) is 6.61 Å². The second-order valence-corrected chi connectivity index (χ2v) is 10.1. The van der Waals surface area contributed by atoms with E-state index in [1.165, 1.54) is 0 Å². The summed E-state index contributed by atoms with van der Waals surface area (Å²) < 4.78 is 33.9. The van der Waals surface area contributed by atoms with Gasteiger partial charge in [-0.3, -0.25) is 4.79 Å². The van der Waals surface area contributed by atoms with E-state index < -0.39 is 26.8 Å². The van der Waals surface area contributed by atoms with Crippen molar-refractivity contribution in [3.8, 4) is 16.9 Å². The molecule has 0 saturated heterocycles. The first-order chi connectivity index (χ1) is 16.2. The Morgan fingerprint density at radius 1 is 0.941 bits per heavy atom. The van der Waals surface area contributed by atoms with Crippen LogP contribution in [0.1, 0.15) is 24.9 Å². The van der Waals surface area contributed by atoms with E-state index in [2.05, 4.69) is 17.6 Å². The van der Waals surface area contributed by atoms with Gasteiger partial charge in [0.1, 0.15) is 11.5 Å². The molecule has 0 unspecified atom stereocenters. The molecule has 182 valence electrons. The molecule has 3 N–H and O–H groups in total. The summed E-state index contributed by atoms with van der Waals surface area (Å²) in [6, 6.07) is 16.8. The maximum atomic E-state index is 11.9. The molecule has 0 saturated carbocycles. The van der Waals surface area contributed by atoms with Gasteiger partial charge in [0.25, 0.3) is 0 Å². The Bertz CT molecular complexity index is 1240. The van der Waals surface area contributed by atoms with E-state index in [9.17, 15) is 18.3 Å². The van der Waals surface area contributed by atoms with Gasteiger partial charge in [-0.2, -0.15) is 0 Å². The van der Waals surface area contributed by atoms with Gasteiger partial charge < -0.3 is 24.9 Å². The van der Waals surface area contributed by atoms with Crippen molar-refractivity contribution in [2.45, 2.75) is 25.6 Å². The first-order valence-electron chi connectivity index (χ1n) is 11.0. The molecule has 0 aliphatic rings. The average Bonchev–Trinajstić information content (AvgIpc) is 2.80. The molecule has 0 aliphatic heterocycles. The summed E-state index contributed by atoms with van der Waals surface area (Å²) >= 11 is 0. The Labute approximate surface area is 199 Å². The minimum atomic E-state index is -3.38. The molecular formula is C25H30N2O6S. The van der Waals surface area contributed by atoms with E-state index in [4.69, 9.17) is 9.15 Å². The lowest BCUT2D eigenvalue weighted by Crippen LogP contribution is -2.10. The van der Waals surface area contributed by atoms with Crippen LogP contribution in [0.25, 0.3) is 11.1 Å². The molecule has 0 aliphatic carbocycles. The smallest absolute Gasteiger partial charge is 0.227 e. The maximum absolute atomic E-state index is 11.9. The SMILES string of the molecule is CCCOCCNc1ccc(-c2ccc(NCc3oc(CS(C)(=O)=O)cc(=O)c3O)cc2)cc1. The van der Waals surface area contributed by atoms with Gasteiger partial charge in [0.2, 0.25) is 11.2 Å². The molecule has 0 radical (unpaired) electrons. The van der Waals surface area contributed by atoms with Crippen molar-refractivity contribution in [3.05, 3.63) is 76.3 Å². The number of ether oxygens (including phenoxy) is 1. The van der Waals surface area contributed by atoms with Gasteiger partial charge in [0.15, 0.2) is 15.6 Å². The van der Waals surface area contributed by atoms with Crippen molar-refractivity contribution in [1.82, 2.24) is 0 Å². The molecule has 3 rings (SSSR count). The number of hydrogen-bond donors (Lipinski definition) is 3. The van der Waals surface area contributed by atoms with Crippen molar-refractivity contribution >= 4 is 21.2 Å². The molecule has 8 nitrogen and oxygen atoms in total. The number of aromatic hydroxyl groups is 1. The maximum Gasteiger partial charge on any atom is 0.227 e. The topological polar surface area (TPSA) is 118 Å². The molecule has 1 heterocycles. The van der Waals surface area contributed by atoms with E-state index in [1.807, 2.05) is 48.5 Å². The van der Waals surface area contributed by atoms with E-state index in [-0.39, 0.29) is 18.1 Å². The fourth-order valence-electron chi connectivity index (χ4n) is 3.29. The van der Waals surface area contributed by atoms with Crippen LogP contribution in [-0.4, -0.2) is 39.5 Å². The van der Waals surface area contributed by atoms with Gasteiger partial charge >= 0.3 is 0 Å². The van der Waals surface area contributed by atoms with Crippen LogP contribution in [0.4, 0.5) is 11.4 Å². The normalized spacial score (nSPS) is 11.4. The summed E-state index contributed by atoms with van der Waals surface area (Å²) in [4.78, 5) is 11.9. The molecule has 1 aromatic heterocycles. The third-order valence-electron chi connectivity index (χ3n) is 4.93. The fourth-order valence-corrected chi connectivity index (χ4v) is 3.95. The second-order valence-electron chi connectivity index (χ2n) is 7.97. The number of nitrogens with one attached hydrogen (secondary N) is 2. The molecule has 0 amide bonds. The third-order valence-corrected chi connectivity index (χ3v) is 5.74. The van der Waals surface area contributed by atoms with Crippen LogP contribution in [0.3, 0.4) is 0 Å². The van der Waals surface area contributed by atoms with Gasteiger partial charge in [-0.25, -0.2) is 8.42 Å². The highest BCUT2D eigenvalue weighted by atomic mass is 32.2. The lowest BCUT2D eigenvalue weighted by atomic mass is 10.0. The zero-order valence-corrected chi connectivity index (χ0v) is 20.2. The van der Waals surface area contributed by atoms with Gasteiger partial charge in [0, 0.05) is 36.8 Å². The number of benzene rings is 2. The summed E-state index contributed by atoms with van der Waals surface area (Å²) in [7, 11) is -3.38. The van der Waals surface area contributed by atoms with Crippen LogP contribution in [0.2, 0.25) is 0 Å². The number of sulfone groups is 1. The summed E-state index contributed by atoms with van der Waals surface area (Å²) in [6.45, 7) is 4.32. The predicted octanol–water partition coefficient (Wildman–Crippen LogP) is 4.01. The Balaban J connectivity index is 1.60. The number of anilines is 2. The zero-order chi connectivity index (χ0) is 24.6. The van der Waals surface area contributed by atoms with Crippen LogP contribution in [-0.2, 0) is 26.9 Å². The summed E-state index contributed by atoms with van der Waals surface area (Å²) in [5, 5.41) is 16.4. The molecule has 3 aromatic rings. The summed E-state index contributed by atoms with van der Waals surface area (Å²) in [5.41, 5.74) is 3.21. The minimum Gasteiger partial charge on any atom is -0.502 e. The quantitative estimate of drug-likeness (QED) is 0.329. The van der Waals surface area contributed by atoms with Gasteiger partial charge in [-0.05, 0) is 41.8 Å². The molecule has 9 heteroatoms. The Morgan fingerprint density at radius 2 is 1.53 bits per heavy atom. The van der Waals surface area contributed by atoms with Crippen molar-refractivity contribution in [2.24, 2.45) is 0 Å². The van der Waals surface area contributed by atoms with Crippen molar-refractivity contribution in [2.75, 3.05) is 36.6 Å². The monoisotopic (exact) mass is 486 g/mol. The highest BCUT2D eigenvalue weighted by Gasteiger charge is 2.14. The average molecular weight is 487 g/mol. The van der Waals surface area contributed by atoms with Gasteiger partial charge in [-0.1, -0.05) is 31.2 Å². The summed E-state index contributed by atoms with van der Waals surface area (Å²) in [5.74, 6) is -0.972. The van der Waals surface area contributed by atoms with Crippen LogP contribution in [0.5, 0.6) is 5.75 Å². The minimum absolute atomic E-state index is 0.0103. The molecule has 0 atom stereocenters. The fraction of sp³-hybridized carbons (Fsp3) is 0.320. The van der Waals surface area contributed by atoms with Crippen LogP contribution in [0.15, 0.2) is 63.8 Å². The van der Waals surface area contributed by atoms with Gasteiger partial charge in [-0.15, -0.1) is 0 Å². The number of rotatable bonds is 12. The highest BCUT2D eigenvalue weighted by molar-refractivity contribution is 7.89. The lowest BCUT2D eigenvalue weighted by Gasteiger charge is -2.10. The van der Waals surface area contributed by atoms with Crippen LogP contribution < -0.4 is 16.1 Å². The van der Waals surface area contributed by atoms with E-state index in [1.54, 1.807) is 0 Å². The Kier molecular flexibility index (Phi) is 8.72. The largest absolute Gasteiger partial charge is 0.502 e. The number of hydrogen-bond acceptors (Lipinski definition) is 8. The first kappa shape index (κ1) is 25.3. The van der Waals surface area contributed by atoms with Crippen molar-refractivity contribution in [1.29, 1.82) is 0 Å². The van der Waals surface area contributed by atoms with Crippen molar-refractivity contribution < 1.29 is 22.7 Å². The van der Waals surface area contributed by atoms with Gasteiger partial charge in [0.05, 0.1) is 13.2 Å². The molecular weight excluding hydrogens is 456 g/mol. The molecule has 2 aromatic carbocycles. The van der Waals surface area contributed by atoms with E-state index in [0.717, 1.165) is 54.4 Å². The Hall–Kier alpha value is -3.30. The van der Waals surface area contributed by atoms with E-state index >= 15 is 0 Å².